The highest BCUT2D eigenvalue weighted by Crippen LogP contribution is 2.32. The quantitative estimate of drug-likeness (QED) is 0.888. The summed E-state index contributed by atoms with van der Waals surface area (Å²) in [6.45, 7) is 2.00. The van der Waals surface area contributed by atoms with E-state index in [-0.39, 0.29) is 11.2 Å². The van der Waals surface area contributed by atoms with Gasteiger partial charge in [0.15, 0.2) is 5.13 Å². The molecular weight excluding hydrogens is 300 g/mol. The molecule has 5 heteroatoms. The van der Waals surface area contributed by atoms with Crippen LogP contribution in [-0.2, 0) is 4.79 Å². The number of carbonyl (C=O) groups is 1. The van der Waals surface area contributed by atoms with Gasteiger partial charge in [-0.3, -0.25) is 4.79 Å². The maximum absolute atomic E-state index is 12.3. The number of thiazole rings is 1. The molecule has 1 aromatic heterocycles. The Labute approximate surface area is 133 Å². The minimum Gasteiger partial charge on any atom is -0.301 e. The molecule has 112 valence electrons. The fourth-order valence-electron chi connectivity index (χ4n) is 2.68. The Bertz CT molecular complexity index is 587. The average molecular weight is 320 g/mol. The summed E-state index contributed by atoms with van der Waals surface area (Å²) < 4.78 is 1.11. The number of fused-ring (bicyclic) bond motifs is 1. The number of benzene rings is 1. The predicted molar refractivity (Wildman–Crippen MR) is 92.2 cm³/mol. The molecule has 3 rings (SSSR count). The van der Waals surface area contributed by atoms with Gasteiger partial charge in [0.05, 0.1) is 15.5 Å². The number of nitrogens with one attached hydrogen (secondary N) is 1. The van der Waals surface area contributed by atoms with Crippen LogP contribution in [-0.4, -0.2) is 21.4 Å². The monoisotopic (exact) mass is 320 g/mol. The molecule has 1 N–H and O–H groups in total. The van der Waals surface area contributed by atoms with Crippen molar-refractivity contribution in [2.24, 2.45) is 0 Å². The van der Waals surface area contributed by atoms with Crippen LogP contribution in [0.5, 0.6) is 0 Å². The van der Waals surface area contributed by atoms with Gasteiger partial charge in [-0.25, -0.2) is 4.98 Å². The molecule has 1 fully saturated rings. The number of nitrogens with zero attached hydrogens (tertiary/aromatic N) is 1. The van der Waals surface area contributed by atoms with Crippen molar-refractivity contribution in [3.05, 3.63) is 24.3 Å². The fourth-order valence-corrected chi connectivity index (χ4v) is 4.92. The van der Waals surface area contributed by atoms with Crippen LogP contribution in [0.1, 0.15) is 39.0 Å². The first-order valence-corrected chi connectivity index (χ1v) is 9.30. The second kappa shape index (κ2) is 6.79. The highest BCUT2D eigenvalue weighted by molar-refractivity contribution is 8.01. The van der Waals surface area contributed by atoms with Gasteiger partial charge in [-0.1, -0.05) is 42.7 Å². The van der Waals surface area contributed by atoms with Gasteiger partial charge in [0.2, 0.25) is 5.91 Å². The molecule has 1 amide bonds. The van der Waals surface area contributed by atoms with Gasteiger partial charge in [-0.15, -0.1) is 11.8 Å². The van der Waals surface area contributed by atoms with Crippen molar-refractivity contribution in [1.29, 1.82) is 0 Å². The largest absolute Gasteiger partial charge is 0.301 e. The maximum Gasteiger partial charge on any atom is 0.238 e. The number of amides is 1. The second-order valence-electron chi connectivity index (χ2n) is 5.51. The molecule has 1 saturated carbocycles. The number of hydrogen-bond acceptors (Lipinski definition) is 4. The second-order valence-corrected chi connectivity index (χ2v) is 8.19. The Morgan fingerprint density at radius 2 is 2.10 bits per heavy atom. The van der Waals surface area contributed by atoms with E-state index >= 15 is 0 Å². The summed E-state index contributed by atoms with van der Waals surface area (Å²) in [5.41, 5.74) is 0.949. The average Bonchev–Trinajstić information content (AvgIpc) is 2.90. The Balaban J connectivity index is 1.59. The maximum atomic E-state index is 12.3. The molecule has 1 aromatic carbocycles. The van der Waals surface area contributed by atoms with E-state index in [1.165, 1.54) is 43.4 Å². The number of anilines is 1. The van der Waals surface area contributed by atoms with Crippen molar-refractivity contribution in [3.63, 3.8) is 0 Å². The van der Waals surface area contributed by atoms with E-state index in [4.69, 9.17) is 0 Å². The molecule has 1 atom stereocenters. The van der Waals surface area contributed by atoms with Crippen LogP contribution in [0.15, 0.2) is 24.3 Å². The Morgan fingerprint density at radius 3 is 2.86 bits per heavy atom. The summed E-state index contributed by atoms with van der Waals surface area (Å²) in [5.74, 6) is 0.0737. The molecular formula is C16H20N2OS2. The van der Waals surface area contributed by atoms with E-state index in [0.29, 0.717) is 10.4 Å². The molecule has 1 aliphatic carbocycles. The lowest BCUT2D eigenvalue weighted by molar-refractivity contribution is -0.115. The minimum atomic E-state index is -0.0138. The third kappa shape index (κ3) is 3.77. The van der Waals surface area contributed by atoms with Crippen molar-refractivity contribution in [3.8, 4) is 0 Å². The van der Waals surface area contributed by atoms with E-state index in [2.05, 4.69) is 10.3 Å². The zero-order chi connectivity index (χ0) is 14.7. The molecule has 1 heterocycles. The number of rotatable bonds is 4. The van der Waals surface area contributed by atoms with Gasteiger partial charge in [-0.2, -0.15) is 0 Å². The van der Waals surface area contributed by atoms with Crippen molar-refractivity contribution in [2.75, 3.05) is 5.32 Å². The van der Waals surface area contributed by atoms with Crippen molar-refractivity contribution < 1.29 is 4.79 Å². The number of aromatic nitrogens is 1. The summed E-state index contributed by atoms with van der Waals surface area (Å²) in [6, 6.07) is 7.97. The molecule has 1 unspecified atom stereocenters. The van der Waals surface area contributed by atoms with Crippen LogP contribution >= 0.6 is 23.1 Å². The minimum absolute atomic E-state index is 0.0138. The van der Waals surface area contributed by atoms with E-state index in [0.717, 1.165) is 10.2 Å². The van der Waals surface area contributed by atoms with Gasteiger partial charge < -0.3 is 5.32 Å². The normalized spacial score (nSPS) is 17.8. The van der Waals surface area contributed by atoms with E-state index in [1.807, 2.05) is 43.0 Å². The van der Waals surface area contributed by atoms with Crippen LogP contribution in [0.2, 0.25) is 0 Å². The van der Waals surface area contributed by atoms with Gasteiger partial charge in [0.25, 0.3) is 0 Å². The highest BCUT2D eigenvalue weighted by atomic mass is 32.2. The molecule has 0 saturated heterocycles. The molecule has 3 nitrogen and oxygen atoms in total. The smallest absolute Gasteiger partial charge is 0.238 e. The third-order valence-corrected chi connectivity index (χ3v) is 6.27. The molecule has 0 radical (unpaired) electrons. The number of para-hydroxylation sites is 1. The van der Waals surface area contributed by atoms with Gasteiger partial charge in [-0.05, 0) is 31.9 Å². The summed E-state index contributed by atoms with van der Waals surface area (Å²) in [6.07, 6.45) is 6.48. The van der Waals surface area contributed by atoms with Crippen LogP contribution in [0.25, 0.3) is 10.2 Å². The predicted octanol–water partition coefficient (Wildman–Crippen LogP) is 4.69. The first-order valence-electron chi connectivity index (χ1n) is 7.54. The SMILES string of the molecule is CC(SC1CCCCC1)C(=O)Nc1nc2ccccc2s1. The van der Waals surface area contributed by atoms with Gasteiger partial charge in [0.1, 0.15) is 0 Å². The molecule has 1 aliphatic rings. The third-order valence-electron chi connectivity index (χ3n) is 3.84. The Kier molecular flexibility index (Phi) is 4.80. The summed E-state index contributed by atoms with van der Waals surface area (Å²) in [5, 5.41) is 4.31. The molecule has 2 aromatic rings. The molecule has 0 spiro atoms. The first kappa shape index (κ1) is 14.9. The molecule has 0 bridgehead atoms. The van der Waals surface area contributed by atoms with Crippen LogP contribution in [0.4, 0.5) is 5.13 Å². The van der Waals surface area contributed by atoms with Crippen LogP contribution in [0.3, 0.4) is 0 Å². The highest BCUT2D eigenvalue weighted by Gasteiger charge is 2.22. The lowest BCUT2D eigenvalue weighted by atomic mass is 10.0. The Morgan fingerprint density at radius 1 is 1.33 bits per heavy atom. The van der Waals surface area contributed by atoms with E-state index in [1.54, 1.807) is 0 Å². The topological polar surface area (TPSA) is 42.0 Å². The van der Waals surface area contributed by atoms with Crippen molar-refractivity contribution in [1.82, 2.24) is 4.98 Å². The Hall–Kier alpha value is -1.07. The van der Waals surface area contributed by atoms with Crippen LogP contribution < -0.4 is 5.32 Å². The van der Waals surface area contributed by atoms with Gasteiger partial charge in [0, 0.05) is 5.25 Å². The fraction of sp³-hybridized carbons (Fsp3) is 0.500. The van der Waals surface area contributed by atoms with Crippen molar-refractivity contribution in [2.45, 2.75) is 49.5 Å². The molecule has 21 heavy (non-hydrogen) atoms. The van der Waals surface area contributed by atoms with Crippen LogP contribution in [0, 0.1) is 0 Å². The lowest BCUT2D eigenvalue weighted by Gasteiger charge is -2.23. The number of thioether (sulfide) groups is 1. The summed E-state index contributed by atoms with van der Waals surface area (Å²) in [4.78, 5) is 16.8. The zero-order valence-electron chi connectivity index (χ0n) is 12.2. The lowest BCUT2D eigenvalue weighted by Crippen LogP contribution is -2.25. The summed E-state index contributed by atoms with van der Waals surface area (Å²) >= 11 is 3.36. The number of carbonyl (C=O) groups excluding carboxylic acids is 1. The van der Waals surface area contributed by atoms with E-state index in [9.17, 15) is 4.79 Å². The van der Waals surface area contributed by atoms with Crippen molar-refractivity contribution >= 4 is 44.4 Å². The molecule has 0 aliphatic heterocycles. The van der Waals surface area contributed by atoms with Gasteiger partial charge >= 0.3 is 0 Å². The number of hydrogen-bond donors (Lipinski definition) is 1. The standard InChI is InChI=1S/C16H20N2OS2/c1-11(20-12-7-3-2-4-8-12)15(19)18-16-17-13-9-5-6-10-14(13)21-16/h5-6,9-12H,2-4,7-8H2,1H3,(H,17,18,19). The zero-order valence-corrected chi connectivity index (χ0v) is 13.8. The summed E-state index contributed by atoms with van der Waals surface area (Å²) in [7, 11) is 0. The van der Waals surface area contributed by atoms with E-state index < -0.39 is 0 Å². The first-order chi connectivity index (χ1) is 10.2.